The molecule has 2 aromatic rings. The Bertz CT molecular complexity index is 800. The summed E-state index contributed by atoms with van der Waals surface area (Å²) in [5.41, 5.74) is 1.91. The van der Waals surface area contributed by atoms with Gasteiger partial charge in [0.2, 0.25) is 5.91 Å². The number of aryl methyl sites for hydroxylation is 1. The van der Waals surface area contributed by atoms with Gasteiger partial charge in [-0.05, 0) is 44.0 Å². The van der Waals surface area contributed by atoms with Gasteiger partial charge in [-0.3, -0.25) is 4.79 Å². The summed E-state index contributed by atoms with van der Waals surface area (Å²) in [4.78, 5) is 26.7. The maximum absolute atomic E-state index is 12.5. The fourth-order valence-corrected chi connectivity index (χ4v) is 3.79. The summed E-state index contributed by atoms with van der Waals surface area (Å²) in [7, 11) is 0. The van der Waals surface area contributed by atoms with Crippen molar-refractivity contribution in [3.63, 3.8) is 0 Å². The van der Waals surface area contributed by atoms with Gasteiger partial charge in [0.25, 0.3) is 0 Å². The molecule has 26 heavy (non-hydrogen) atoms. The molecule has 2 unspecified atom stereocenters. The summed E-state index contributed by atoms with van der Waals surface area (Å²) < 4.78 is 5.24. The molecular weight excluding hydrogens is 330 g/mol. The van der Waals surface area contributed by atoms with Crippen molar-refractivity contribution in [2.24, 2.45) is 11.3 Å². The van der Waals surface area contributed by atoms with Crippen LogP contribution in [0.5, 0.6) is 0 Å². The van der Waals surface area contributed by atoms with Crippen molar-refractivity contribution in [2.45, 2.75) is 26.3 Å². The average Bonchev–Trinajstić information content (AvgIpc) is 2.99. The van der Waals surface area contributed by atoms with Crippen LogP contribution in [0.4, 0.5) is 10.5 Å². The Morgan fingerprint density at radius 1 is 1.27 bits per heavy atom. The zero-order valence-corrected chi connectivity index (χ0v) is 14.8. The van der Waals surface area contributed by atoms with E-state index in [0.717, 1.165) is 29.9 Å². The van der Waals surface area contributed by atoms with Crippen molar-refractivity contribution in [1.29, 1.82) is 0 Å². The number of likely N-dealkylation sites (tertiary alicyclic amines) is 1. The summed E-state index contributed by atoms with van der Waals surface area (Å²) in [5.74, 6) is 0.801. The molecule has 136 valence electrons. The molecule has 6 nitrogen and oxygen atoms in total. The molecule has 3 amide bonds. The van der Waals surface area contributed by atoms with Crippen molar-refractivity contribution in [3.8, 4) is 0 Å². The van der Waals surface area contributed by atoms with Gasteiger partial charge in [-0.2, -0.15) is 0 Å². The number of benzene rings is 1. The van der Waals surface area contributed by atoms with Crippen LogP contribution in [-0.2, 0) is 11.3 Å². The van der Waals surface area contributed by atoms with E-state index in [4.69, 9.17) is 4.42 Å². The summed E-state index contributed by atoms with van der Waals surface area (Å²) in [5, 5.41) is 5.87. The maximum atomic E-state index is 12.5. The molecule has 1 aliphatic heterocycles. The molecule has 1 aliphatic carbocycles. The zero-order valence-electron chi connectivity index (χ0n) is 14.8. The van der Waals surface area contributed by atoms with E-state index in [1.807, 2.05) is 48.2 Å². The maximum Gasteiger partial charge on any atom is 0.321 e. The lowest BCUT2D eigenvalue weighted by Gasteiger charge is -2.17. The normalized spacial score (nSPS) is 23.9. The molecule has 0 bridgehead atoms. The Hall–Kier alpha value is -2.76. The van der Waals surface area contributed by atoms with Crippen LogP contribution in [0.25, 0.3) is 0 Å². The number of urea groups is 1. The molecule has 1 aromatic heterocycles. The lowest BCUT2D eigenvalue weighted by Crippen LogP contribution is -2.34. The monoisotopic (exact) mass is 353 g/mol. The van der Waals surface area contributed by atoms with Crippen molar-refractivity contribution >= 4 is 17.6 Å². The van der Waals surface area contributed by atoms with Gasteiger partial charge in [-0.25, -0.2) is 4.79 Å². The lowest BCUT2D eigenvalue weighted by molar-refractivity contribution is -0.123. The zero-order chi connectivity index (χ0) is 18.1. The Balaban J connectivity index is 1.29. The minimum atomic E-state index is -0.0904. The molecule has 2 N–H and O–H groups in total. The SMILES string of the molecule is Cc1ccc(NC(=O)N2CCC3(CC3C(=O)NCc3ccco3)C2)cc1. The van der Waals surface area contributed by atoms with E-state index < -0.39 is 0 Å². The molecule has 0 radical (unpaired) electrons. The molecule has 1 saturated carbocycles. The number of nitrogens with zero attached hydrogens (tertiary/aromatic N) is 1. The Kier molecular flexibility index (Phi) is 4.18. The number of carbonyl (C=O) groups is 2. The predicted octanol–water partition coefficient (Wildman–Crippen LogP) is 3.15. The van der Waals surface area contributed by atoms with E-state index in [1.54, 1.807) is 6.26 Å². The van der Waals surface area contributed by atoms with Crippen LogP contribution in [0, 0.1) is 18.3 Å². The number of hydrogen-bond donors (Lipinski definition) is 2. The smallest absolute Gasteiger partial charge is 0.321 e. The third kappa shape index (κ3) is 3.31. The number of amides is 3. The van der Waals surface area contributed by atoms with Crippen molar-refractivity contribution < 1.29 is 14.0 Å². The van der Waals surface area contributed by atoms with Gasteiger partial charge in [-0.1, -0.05) is 17.7 Å². The second-order valence-corrected chi connectivity index (χ2v) is 7.38. The molecule has 1 spiro atoms. The molecule has 2 heterocycles. The fourth-order valence-electron chi connectivity index (χ4n) is 3.79. The van der Waals surface area contributed by atoms with E-state index in [2.05, 4.69) is 10.6 Å². The first kappa shape index (κ1) is 16.7. The first-order chi connectivity index (χ1) is 12.6. The summed E-state index contributed by atoms with van der Waals surface area (Å²) in [6, 6.07) is 11.3. The standard InChI is InChI=1S/C20H23N3O3/c1-14-4-6-15(7-5-14)22-19(25)23-9-8-20(13-23)11-17(20)18(24)21-12-16-3-2-10-26-16/h2-7,10,17H,8-9,11-13H2,1H3,(H,21,24)(H,22,25). The van der Waals surface area contributed by atoms with Crippen LogP contribution in [0.15, 0.2) is 47.1 Å². The van der Waals surface area contributed by atoms with Crippen LogP contribution in [0.2, 0.25) is 0 Å². The van der Waals surface area contributed by atoms with Crippen molar-refractivity contribution in [2.75, 3.05) is 18.4 Å². The Labute approximate surface area is 152 Å². The van der Waals surface area contributed by atoms with E-state index in [1.165, 1.54) is 0 Å². The number of carbonyl (C=O) groups excluding carboxylic acids is 2. The molecular formula is C20H23N3O3. The van der Waals surface area contributed by atoms with Crippen molar-refractivity contribution in [3.05, 3.63) is 54.0 Å². The van der Waals surface area contributed by atoms with Gasteiger partial charge in [0.1, 0.15) is 5.76 Å². The Morgan fingerprint density at radius 3 is 2.81 bits per heavy atom. The minimum Gasteiger partial charge on any atom is -0.467 e. The van der Waals surface area contributed by atoms with E-state index >= 15 is 0 Å². The topological polar surface area (TPSA) is 74.6 Å². The highest BCUT2D eigenvalue weighted by Crippen LogP contribution is 2.58. The molecule has 1 saturated heterocycles. The van der Waals surface area contributed by atoms with E-state index in [-0.39, 0.29) is 23.3 Å². The first-order valence-electron chi connectivity index (χ1n) is 8.98. The van der Waals surface area contributed by atoms with Crippen LogP contribution >= 0.6 is 0 Å². The second kappa shape index (κ2) is 6.52. The van der Waals surface area contributed by atoms with Gasteiger partial charge in [0.05, 0.1) is 12.8 Å². The fraction of sp³-hybridized carbons (Fsp3) is 0.400. The summed E-state index contributed by atoms with van der Waals surface area (Å²) in [6.45, 7) is 3.76. The van der Waals surface area contributed by atoms with Crippen LogP contribution < -0.4 is 10.6 Å². The van der Waals surface area contributed by atoms with Crippen LogP contribution in [-0.4, -0.2) is 29.9 Å². The molecule has 2 fully saturated rings. The van der Waals surface area contributed by atoms with Crippen LogP contribution in [0.1, 0.15) is 24.2 Å². The molecule has 6 heteroatoms. The largest absolute Gasteiger partial charge is 0.467 e. The highest BCUT2D eigenvalue weighted by Gasteiger charge is 2.61. The van der Waals surface area contributed by atoms with Gasteiger partial charge in [0, 0.05) is 30.1 Å². The summed E-state index contributed by atoms with van der Waals surface area (Å²) >= 11 is 0. The highest BCUT2D eigenvalue weighted by atomic mass is 16.3. The molecule has 2 aliphatic rings. The number of furan rings is 1. The number of hydrogen-bond acceptors (Lipinski definition) is 3. The number of nitrogens with one attached hydrogen (secondary N) is 2. The third-order valence-corrected chi connectivity index (χ3v) is 5.50. The van der Waals surface area contributed by atoms with Crippen LogP contribution in [0.3, 0.4) is 0 Å². The van der Waals surface area contributed by atoms with E-state index in [0.29, 0.717) is 19.6 Å². The number of rotatable bonds is 4. The lowest BCUT2D eigenvalue weighted by atomic mass is 10.0. The van der Waals surface area contributed by atoms with Gasteiger partial charge >= 0.3 is 6.03 Å². The number of anilines is 1. The predicted molar refractivity (Wildman–Crippen MR) is 97.5 cm³/mol. The van der Waals surface area contributed by atoms with Gasteiger partial charge in [0.15, 0.2) is 0 Å². The minimum absolute atomic E-state index is 0.00497. The highest BCUT2D eigenvalue weighted by molar-refractivity contribution is 5.90. The Morgan fingerprint density at radius 2 is 2.08 bits per heavy atom. The van der Waals surface area contributed by atoms with Gasteiger partial charge < -0.3 is 20.0 Å². The molecule has 1 aromatic carbocycles. The van der Waals surface area contributed by atoms with Crippen molar-refractivity contribution in [1.82, 2.24) is 10.2 Å². The third-order valence-electron chi connectivity index (χ3n) is 5.50. The second-order valence-electron chi connectivity index (χ2n) is 7.38. The van der Waals surface area contributed by atoms with E-state index in [9.17, 15) is 9.59 Å². The van der Waals surface area contributed by atoms with Gasteiger partial charge in [-0.15, -0.1) is 0 Å². The first-order valence-corrected chi connectivity index (χ1v) is 8.98. The average molecular weight is 353 g/mol. The quantitative estimate of drug-likeness (QED) is 0.887. The molecule has 2 atom stereocenters. The molecule has 4 rings (SSSR count). The summed E-state index contributed by atoms with van der Waals surface area (Å²) in [6.07, 6.45) is 3.33.